The molecule has 0 saturated carbocycles. The molecule has 152 valence electrons. The predicted molar refractivity (Wildman–Crippen MR) is 112 cm³/mol. The zero-order valence-electron chi connectivity index (χ0n) is 16.4. The fourth-order valence-electron chi connectivity index (χ4n) is 3.84. The Labute approximate surface area is 170 Å². The normalized spacial score (nSPS) is 20.2. The molecule has 29 heavy (non-hydrogen) atoms. The van der Waals surface area contributed by atoms with Crippen LogP contribution in [-0.4, -0.2) is 36.3 Å². The average molecular weight is 395 g/mol. The summed E-state index contributed by atoms with van der Waals surface area (Å²) in [6.07, 6.45) is 1.86. The number of nitrogens with one attached hydrogen (secondary N) is 1. The van der Waals surface area contributed by atoms with Crippen LogP contribution in [0.1, 0.15) is 30.9 Å². The van der Waals surface area contributed by atoms with Crippen LogP contribution in [0.2, 0.25) is 0 Å². The number of rotatable bonds is 9. The molecule has 1 aliphatic rings. The van der Waals surface area contributed by atoms with Crippen molar-refractivity contribution in [2.24, 2.45) is 16.8 Å². The first-order valence-electron chi connectivity index (χ1n) is 10.00. The maximum absolute atomic E-state index is 11.9. The van der Waals surface area contributed by atoms with Crippen molar-refractivity contribution in [1.29, 1.82) is 0 Å². The van der Waals surface area contributed by atoms with Gasteiger partial charge in [0.15, 0.2) is 6.54 Å². The number of amides is 1. The Bertz CT molecular complexity index is 856. The highest BCUT2D eigenvalue weighted by atomic mass is 16.3. The number of nitrogens with two attached hydrogens (primary N) is 1. The molecule has 3 N–H and O–H groups in total. The predicted octanol–water partition coefficient (Wildman–Crippen LogP) is 3.18. The van der Waals surface area contributed by atoms with Gasteiger partial charge in [0.25, 0.3) is 11.9 Å². The second-order valence-corrected chi connectivity index (χ2v) is 7.57. The second-order valence-electron chi connectivity index (χ2n) is 7.57. The molecule has 7 nitrogen and oxygen atoms in total. The van der Waals surface area contributed by atoms with Crippen LogP contribution < -0.4 is 11.1 Å². The Kier molecular flexibility index (Phi) is 7.19. The van der Waals surface area contributed by atoms with E-state index >= 15 is 0 Å². The first kappa shape index (κ1) is 20.8. The number of primary amides is 1. The summed E-state index contributed by atoms with van der Waals surface area (Å²) in [5.74, 6) is -0.379. The van der Waals surface area contributed by atoms with E-state index in [1.807, 2.05) is 54.6 Å². The van der Waals surface area contributed by atoms with Gasteiger partial charge in [-0.1, -0.05) is 53.7 Å². The standard InChI is InChI=1S/C22H26N4O3/c23-22(27)21-10-9-16(15-26(21)29)14-24-12-11-20(25-28)19-8-4-7-18(13-19)17-5-2-1-3-6-17/h1-8,13,16,20-21,24H,9-12,14-15H2,(H-,23,27)/p+1. The van der Waals surface area contributed by atoms with E-state index in [0.717, 1.165) is 27.9 Å². The quantitative estimate of drug-likeness (QED) is 0.386. The number of piperidine rings is 1. The van der Waals surface area contributed by atoms with Gasteiger partial charge in [0.1, 0.15) is 6.04 Å². The molecule has 0 spiro atoms. The third-order valence-electron chi connectivity index (χ3n) is 5.50. The van der Waals surface area contributed by atoms with E-state index in [1.165, 1.54) is 0 Å². The number of nitroso groups, excluding NO2 is 2. The van der Waals surface area contributed by atoms with Crippen molar-refractivity contribution >= 4 is 5.91 Å². The maximum atomic E-state index is 11.9. The Morgan fingerprint density at radius 1 is 1.14 bits per heavy atom. The van der Waals surface area contributed by atoms with Crippen molar-refractivity contribution in [3.05, 3.63) is 70.0 Å². The van der Waals surface area contributed by atoms with E-state index in [1.54, 1.807) is 0 Å². The minimum atomic E-state index is -0.702. The van der Waals surface area contributed by atoms with Gasteiger partial charge >= 0.3 is 0 Å². The fraction of sp³-hybridized carbons (Fsp3) is 0.409. The molecule has 0 radical (unpaired) electrons. The molecule has 1 saturated heterocycles. The van der Waals surface area contributed by atoms with Crippen LogP contribution in [0.4, 0.5) is 0 Å². The third kappa shape index (κ3) is 5.54. The molecule has 1 aliphatic heterocycles. The Balaban J connectivity index is 1.49. The van der Waals surface area contributed by atoms with Crippen molar-refractivity contribution in [1.82, 2.24) is 5.32 Å². The molecule has 2 aromatic rings. The highest BCUT2D eigenvalue weighted by Gasteiger charge is 2.38. The summed E-state index contributed by atoms with van der Waals surface area (Å²) in [6, 6.07) is 16.8. The van der Waals surface area contributed by atoms with Crippen LogP contribution in [0.5, 0.6) is 0 Å². The first-order valence-corrected chi connectivity index (χ1v) is 10.00. The molecule has 0 aromatic heterocycles. The summed E-state index contributed by atoms with van der Waals surface area (Å²) in [4.78, 5) is 34.5. The number of hydrogen-bond donors (Lipinski definition) is 2. The molecule has 3 atom stereocenters. The third-order valence-corrected chi connectivity index (χ3v) is 5.50. The molecule has 1 fully saturated rings. The second kappa shape index (κ2) is 10.0. The van der Waals surface area contributed by atoms with E-state index < -0.39 is 18.0 Å². The molecular weight excluding hydrogens is 368 g/mol. The summed E-state index contributed by atoms with van der Waals surface area (Å²) in [5, 5.41) is 6.64. The molecule has 1 heterocycles. The van der Waals surface area contributed by atoms with Crippen LogP contribution in [0.3, 0.4) is 0 Å². The summed E-state index contributed by atoms with van der Waals surface area (Å²) < 4.78 is 0.795. The number of carbonyl (C=O) groups is 1. The van der Waals surface area contributed by atoms with E-state index in [-0.39, 0.29) is 5.92 Å². The van der Waals surface area contributed by atoms with Gasteiger partial charge in [-0.2, -0.15) is 4.91 Å². The molecule has 0 aliphatic carbocycles. The van der Waals surface area contributed by atoms with Crippen LogP contribution in [-0.2, 0) is 4.79 Å². The van der Waals surface area contributed by atoms with Crippen LogP contribution in [0, 0.1) is 15.7 Å². The molecule has 1 amide bonds. The topological polar surface area (TPSA) is 105 Å². The number of benzene rings is 2. The molecular formula is C22H27N4O3+. The lowest BCUT2D eigenvalue weighted by molar-refractivity contribution is -0.589. The molecule has 2 aromatic carbocycles. The lowest BCUT2D eigenvalue weighted by atomic mass is 9.94. The van der Waals surface area contributed by atoms with Crippen LogP contribution in [0.15, 0.2) is 59.8 Å². The lowest BCUT2D eigenvalue weighted by Gasteiger charge is -2.20. The van der Waals surface area contributed by atoms with Crippen LogP contribution >= 0.6 is 0 Å². The van der Waals surface area contributed by atoms with Gasteiger partial charge in [0, 0.05) is 28.6 Å². The van der Waals surface area contributed by atoms with Crippen LogP contribution in [0.25, 0.3) is 11.1 Å². The van der Waals surface area contributed by atoms with E-state index in [0.29, 0.717) is 32.5 Å². The van der Waals surface area contributed by atoms with Gasteiger partial charge in [0.2, 0.25) is 0 Å². The Morgan fingerprint density at radius 3 is 2.59 bits per heavy atom. The molecule has 7 heteroatoms. The number of carbonyl (C=O) groups excluding carboxylic acids is 1. The van der Waals surface area contributed by atoms with Crippen molar-refractivity contribution in [3.8, 4) is 11.1 Å². The highest BCUT2D eigenvalue weighted by Crippen LogP contribution is 2.26. The largest absolute Gasteiger partial charge is 0.364 e. The van der Waals surface area contributed by atoms with Crippen molar-refractivity contribution in [3.63, 3.8) is 0 Å². The zero-order chi connectivity index (χ0) is 20.6. The van der Waals surface area contributed by atoms with Gasteiger partial charge < -0.3 is 11.1 Å². The summed E-state index contributed by atoms with van der Waals surface area (Å²) in [6.45, 7) is 1.59. The summed E-state index contributed by atoms with van der Waals surface area (Å²) >= 11 is 0. The minimum Gasteiger partial charge on any atom is -0.364 e. The first-order chi connectivity index (χ1) is 14.1. The highest BCUT2D eigenvalue weighted by molar-refractivity contribution is 5.78. The average Bonchev–Trinajstić information content (AvgIpc) is 2.74. The van der Waals surface area contributed by atoms with Gasteiger partial charge in [-0.25, -0.2) is 0 Å². The van der Waals surface area contributed by atoms with Gasteiger partial charge in [-0.3, -0.25) is 4.79 Å². The monoisotopic (exact) mass is 395 g/mol. The van der Waals surface area contributed by atoms with E-state index in [2.05, 4.69) is 10.5 Å². The van der Waals surface area contributed by atoms with E-state index in [9.17, 15) is 14.6 Å². The minimum absolute atomic E-state index is 0.173. The van der Waals surface area contributed by atoms with Crippen molar-refractivity contribution in [2.45, 2.75) is 31.3 Å². The molecule has 3 unspecified atom stereocenters. The smallest absolute Gasteiger partial charge is 0.290 e. The van der Waals surface area contributed by atoms with Gasteiger partial charge in [-0.15, -0.1) is 0 Å². The Hall–Kier alpha value is -2.93. The molecule has 0 bridgehead atoms. The van der Waals surface area contributed by atoms with E-state index in [4.69, 9.17) is 5.73 Å². The van der Waals surface area contributed by atoms with Gasteiger partial charge in [0.05, 0.1) is 0 Å². The molecule has 3 rings (SSSR count). The zero-order valence-corrected chi connectivity index (χ0v) is 16.4. The number of nitrogens with zero attached hydrogens (tertiary/aromatic N) is 2. The SMILES string of the molecule is NC(=O)C1CCC(CNCCC(N=O)c2cccc(-c3ccccc3)c2)C[N+]1=O. The van der Waals surface area contributed by atoms with Crippen molar-refractivity contribution in [2.75, 3.05) is 19.6 Å². The fourth-order valence-corrected chi connectivity index (χ4v) is 3.84. The Morgan fingerprint density at radius 2 is 1.90 bits per heavy atom. The van der Waals surface area contributed by atoms with Gasteiger partial charge in [-0.05, 0) is 42.1 Å². The maximum Gasteiger partial charge on any atom is 0.290 e. The van der Waals surface area contributed by atoms with Crippen molar-refractivity contribution < 1.29 is 9.55 Å². The summed E-state index contributed by atoms with van der Waals surface area (Å²) in [5.41, 5.74) is 8.30. The summed E-state index contributed by atoms with van der Waals surface area (Å²) in [7, 11) is 0. The number of hydrogen-bond acceptors (Lipinski definition) is 5. The lowest BCUT2D eigenvalue weighted by Crippen LogP contribution is -2.45.